The van der Waals surface area contributed by atoms with Crippen LogP contribution >= 0.6 is 0 Å². The first-order chi connectivity index (χ1) is 6.99. The molecule has 1 aromatic carbocycles. The minimum absolute atomic E-state index is 0.452. The van der Waals surface area contributed by atoms with Gasteiger partial charge in [0, 0.05) is 12.8 Å². The third-order valence-electron chi connectivity index (χ3n) is 3.10. The molecule has 1 saturated carbocycles. The van der Waals surface area contributed by atoms with Crippen molar-refractivity contribution < 1.29 is 8.42 Å². The van der Waals surface area contributed by atoms with Crippen LogP contribution in [0.2, 0.25) is 0 Å². The number of hydrogen-bond donors (Lipinski definition) is 1. The molecule has 4 heteroatoms. The third-order valence-corrected chi connectivity index (χ3v) is 5.17. The third kappa shape index (κ3) is 1.68. The average molecular weight is 225 g/mol. The molecule has 2 N–H and O–H groups in total. The smallest absolute Gasteiger partial charge is 0.157 e. The highest BCUT2D eigenvalue weighted by atomic mass is 32.2. The summed E-state index contributed by atoms with van der Waals surface area (Å²) in [5.41, 5.74) is 7.43. The van der Waals surface area contributed by atoms with Crippen molar-refractivity contribution in [1.82, 2.24) is 0 Å². The van der Waals surface area contributed by atoms with Gasteiger partial charge in [0.1, 0.15) is 0 Å². The predicted octanol–water partition coefficient (Wildman–Crippen LogP) is 1.18. The Labute approximate surface area is 90.2 Å². The molecule has 0 aromatic heterocycles. The molecule has 0 heterocycles. The van der Waals surface area contributed by atoms with E-state index in [1.165, 1.54) is 6.26 Å². The van der Waals surface area contributed by atoms with Crippen LogP contribution in [-0.4, -0.2) is 14.7 Å². The SMILES string of the molecule is CS(=O)(=O)C1(c2cccc(CN)c2)CC1. The van der Waals surface area contributed by atoms with Crippen molar-refractivity contribution in [3.8, 4) is 0 Å². The molecule has 0 saturated heterocycles. The lowest BCUT2D eigenvalue weighted by Crippen LogP contribution is -2.19. The molecule has 1 aliphatic carbocycles. The first kappa shape index (κ1) is 10.6. The van der Waals surface area contributed by atoms with Crippen molar-refractivity contribution >= 4 is 9.84 Å². The van der Waals surface area contributed by atoms with Gasteiger partial charge in [0.25, 0.3) is 0 Å². The molecule has 1 aliphatic rings. The van der Waals surface area contributed by atoms with E-state index >= 15 is 0 Å². The van der Waals surface area contributed by atoms with E-state index < -0.39 is 14.6 Å². The summed E-state index contributed by atoms with van der Waals surface area (Å²) in [5, 5.41) is 0. The van der Waals surface area contributed by atoms with Gasteiger partial charge in [0.2, 0.25) is 0 Å². The van der Waals surface area contributed by atoms with Crippen LogP contribution in [0.4, 0.5) is 0 Å². The summed E-state index contributed by atoms with van der Waals surface area (Å²) >= 11 is 0. The van der Waals surface area contributed by atoms with Crippen molar-refractivity contribution in [2.75, 3.05) is 6.26 Å². The molecule has 1 fully saturated rings. The van der Waals surface area contributed by atoms with Crippen molar-refractivity contribution in [1.29, 1.82) is 0 Å². The molecule has 0 radical (unpaired) electrons. The van der Waals surface area contributed by atoms with Crippen LogP contribution < -0.4 is 5.73 Å². The van der Waals surface area contributed by atoms with Gasteiger partial charge in [0.05, 0.1) is 4.75 Å². The second-order valence-electron chi connectivity index (χ2n) is 4.17. The minimum Gasteiger partial charge on any atom is -0.326 e. The summed E-state index contributed by atoms with van der Waals surface area (Å²) in [6.45, 7) is 0.452. The van der Waals surface area contributed by atoms with Gasteiger partial charge in [-0.15, -0.1) is 0 Å². The highest BCUT2D eigenvalue weighted by Gasteiger charge is 2.53. The molecule has 0 amide bonds. The van der Waals surface area contributed by atoms with Crippen molar-refractivity contribution in [2.24, 2.45) is 5.73 Å². The summed E-state index contributed by atoms with van der Waals surface area (Å²) in [5.74, 6) is 0. The monoisotopic (exact) mass is 225 g/mol. The normalized spacial score (nSPS) is 18.8. The second-order valence-corrected chi connectivity index (χ2v) is 6.50. The summed E-state index contributed by atoms with van der Waals surface area (Å²) in [6, 6.07) is 7.59. The molecule has 15 heavy (non-hydrogen) atoms. The number of benzene rings is 1. The Morgan fingerprint density at radius 3 is 2.53 bits per heavy atom. The van der Waals surface area contributed by atoms with Gasteiger partial charge in [-0.1, -0.05) is 24.3 Å². The van der Waals surface area contributed by atoms with Crippen LogP contribution in [0.25, 0.3) is 0 Å². The Hall–Kier alpha value is -0.870. The fourth-order valence-corrected chi connectivity index (χ4v) is 3.37. The Balaban J connectivity index is 2.47. The molecule has 3 nitrogen and oxygen atoms in total. The largest absolute Gasteiger partial charge is 0.326 e. The maximum Gasteiger partial charge on any atom is 0.157 e. The standard InChI is InChI=1S/C11H15NO2S/c1-15(13,14)11(5-6-11)10-4-2-3-9(7-10)8-12/h2-4,7H,5-6,8,12H2,1H3. The fourth-order valence-electron chi connectivity index (χ4n) is 1.97. The van der Waals surface area contributed by atoms with Crippen molar-refractivity contribution in [3.05, 3.63) is 35.4 Å². The molecule has 2 rings (SSSR count). The maximum absolute atomic E-state index is 11.7. The van der Waals surface area contributed by atoms with Gasteiger partial charge < -0.3 is 5.73 Å². The summed E-state index contributed by atoms with van der Waals surface area (Å²) in [4.78, 5) is 0. The van der Waals surface area contributed by atoms with E-state index in [0.29, 0.717) is 6.54 Å². The van der Waals surface area contributed by atoms with E-state index in [0.717, 1.165) is 24.0 Å². The molecule has 0 atom stereocenters. The van der Waals surface area contributed by atoms with Crippen molar-refractivity contribution in [3.63, 3.8) is 0 Å². The zero-order valence-electron chi connectivity index (χ0n) is 8.73. The molecule has 0 aliphatic heterocycles. The fraction of sp³-hybridized carbons (Fsp3) is 0.455. The van der Waals surface area contributed by atoms with Crippen LogP contribution in [-0.2, 0) is 21.1 Å². The lowest BCUT2D eigenvalue weighted by molar-refractivity contribution is 0.586. The zero-order chi connectivity index (χ0) is 11.1. The number of hydrogen-bond acceptors (Lipinski definition) is 3. The van der Waals surface area contributed by atoms with Gasteiger partial charge in [-0.25, -0.2) is 8.42 Å². The van der Waals surface area contributed by atoms with Crippen LogP contribution in [0.3, 0.4) is 0 Å². The average Bonchev–Trinajstić information content (AvgIpc) is 2.97. The van der Waals surface area contributed by atoms with Gasteiger partial charge in [-0.2, -0.15) is 0 Å². The Kier molecular flexibility index (Phi) is 2.35. The molecular formula is C11H15NO2S. The first-order valence-electron chi connectivity index (χ1n) is 4.99. The molecule has 0 spiro atoms. The lowest BCUT2D eigenvalue weighted by Gasteiger charge is -2.14. The molecular weight excluding hydrogens is 210 g/mol. The van der Waals surface area contributed by atoms with Gasteiger partial charge >= 0.3 is 0 Å². The predicted molar refractivity (Wildman–Crippen MR) is 60.1 cm³/mol. The van der Waals surface area contributed by atoms with Gasteiger partial charge in [-0.05, 0) is 24.0 Å². The second kappa shape index (κ2) is 3.32. The van der Waals surface area contributed by atoms with E-state index in [2.05, 4.69) is 0 Å². The Morgan fingerprint density at radius 2 is 2.07 bits per heavy atom. The quantitative estimate of drug-likeness (QED) is 0.840. The summed E-state index contributed by atoms with van der Waals surface area (Å²) in [6.07, 6.45) is 2.79. The van der Waals surface area contributed by atoms with Crippen LogP contribution in [0.15, 0.2) is 24.3 Å². The van der Waals surface area contributed by atoms with E-state index in [1.807, 2.05) is 24.3 Å². The van der Waals surface area contributed by atoms with E-state index in [4.69, 9.17) is 5.73 Å². The highest BCUT2D eigenvalue weighted by molar-refractivity contribution is 7.92. The Morgan fingerprint density at radius 1 is 1.40 bits per heavy atom. The van der Waals surface area contributed by atoms with Crippen LogP contribution in [0.5, 0.6) is 0 Å². The number of sulfone groups is 1. The summed E-state index contributed by atoms with van der Waals surface area (Å²) < 4.78 is 22.8. The highest BCUT2D eigenvalue weighted by Crippen LogP contribution is 2.52. The molecule has 82 valence electrons. The molecule has 0 unspecified atom stereocenters. The van der Waals surface area contributed by atoms with Crippen LogP contribution in [0, 0.1) is 0 Å². The zero-order valence-corrected chi connectivity index (χ0v) is 9.55. The lowest BCUT2D eigenvalue weighted by atomic mass is 10.1. The Bertz CT molecular complexity index is 475. The van der Waals surface area contributed by atoms with Crippen molar-refractivity contribution in [2.45, 2.75) is 24.1 Å². The van der Waals surface area contributed by atoms with E-state index in [9.17, 15) is 8.42 Å². The number of rotatable bonds is 3. The van der Waals surface area contributed by atoms with E-state index in [1.54, 1.807) is 0 Å². The van der Waals surface area contributed by atoms with Gasteiger partial charge in [-0.3, -0.25) is 0 Å². The first-order valence-corrected chi connectivity index (χ1v) is 6.88. The molecule has 0 bridgehead atoms. The molecule has 1 aromatic rings. The maximum atomic E-state index is 11.7. The van der Waals surface area contributed by atoms with Gasteiger partial charge in [0.15, 0.2) is 9.84 Å². The number of nitrogens with two attached hydrogens (primary N) is 1. The minimum atomic E-state index is -3.01. The van der Waals surface area contributed by atoms with E-state index in [-0.39, 0.29) is 0 Å². The van der Waals surface area contributed by atoms with Crippen LogP contribution in [0.1, 0.15) is 24.0 Å². The summed E-state index contributed by atoms with van der Waals surface area (Å²) in [7, 11) is -3.01. The topological polar surface area (TPSA) is 60.2 Å².